The maximum Gasteiger partial charge on any atom is 0.225 e. The van der Waals surface area contributed by atoms with Gasteiger partial charge in [-0.2, -0.15) is 11.8 Å². The zero-order chi connectivity index (χ0) is 21.5. The van der Waals surface area contributed by atoms with E-state index in [2.05, 4.69) is 41.8 Å². The SMILES string of the molecule is CN=C(NCCC(=O)N1CCN(c2ncccn2)CC1)N1CCSC2(CCCCC2)C1.I. The first-order valence-electron chi connectivity index (χ1n) is 11.6. The predicted molar refractivity (Wildman–Crippen MR) is 142 cm³/mol. The van der Waals surface area contributed by atoms with Crippen molar-refractivity contribution in [3.05, 3.63) is 18.5 Å². The highest BCUT2D eigenvalue weighted by atomic mass is 127. The quantitative estimate of drug-likeness (QED) is 0.337. The molecule has 8 nitrogen and oxygen atoms in total. The molecule has 10 heteroatoms. The molecule has 3 aliphatic rings. The summed E-state index contributed by atoms with van der Waals surface area (Å²) in [4.78, 5) is 32.3. The van der Waals surface area contributed by atoms with Crippen molar-refractivity contribution in [2.24, 2.45) is 4.99 Å². The summed E-state index contributed by atoms with van der Waals surface area (Å²) in [5, 5.41) is 3.45. The Kier molecular flexibility index (Phi) is 9.69. The maximum absolute atomic E-state index is 12.7. The Balaban J connectivity index is 0.00000289. The Hall–Kier alpha value is -1.30. The number of nitrogens with zero attached hydrogens (tertiary/aromatic N) is 6. The Morgan fingerprint density at radius 2 is 1.81 bits per heavy atom. The van der Waals surface area contributed by atoms with Crippen LogP contribution in [0.25, 0.3) is 0 Å². The maximum atomic E-state index is 12.7. The molecule has 1 spiro atoms. The first kappa shape index (κ1) is 25.3. The molecular weight excluding hydrogens is 537 g/mol. The molecule has 178 valence electrons. The minimum Gasteiger partial charge on any atom is -0.356 e. The lowest BCUT2D eigenvalue weighted by molar-refractivity contribution is -0.131. The number of piperazine rings is 1. The van der Waals surface area contributed by atoms with Crippen molar-refractivity contribution in [1.82, 2.24) is 25.1 Å². The summed E-state index contributed by atoms with van der Waals surface area (Å²) in [5.41, 5.74) is 0. The largest absolute Gasteiger partial charge is 0.356 e. The fourth-order valence-electron chi connectivity index (χ4n) is 4.91. The highest BCUT2D eigenvalue weighted by Crippen LogP contribution is 2.42. The van der Waals surface area contributed by atoms with Gasteiger partial charge >= 0.3 is 0 Å². The fraction of sp³-hybridized carbons (Fsp3) is 0.727. The molecule has 1 aromatic rings. The van der Waals surface area contributed by atoms with E-state index in [0.29, 0.717) is 17.7 Å². The molecule has 0 aromatic carbocycles. The Bertz CT molecular complexity index is 746. The zero-order valence-electron chi connectivity index (χ0n) is 19.0. The summed E-state index contributed by atoms with van der Waals surface area (Å²) in [5.74, 6) is 3.06. The van der Waals surface area contributed by atoms with Crippen LogP contribution in [0.2, 0.25) is 0 Å². The standard InChI is InChI=1S/C22H35N7OS.HI/c1-23-20(29-16-17-31-22(18-29)7-3-2-4-8-22)26-11-6-19(30)27-12-14-28(15-13-27)21-24-9-5-10-25-21;/h5,9-10H,2-4,6-8,11-18H2,1H3,(H,23,26);1H. The van der Waals surface area contributed by atoms with Gasteiger partial charge in [0, 0.05) is 82.2 Å². The van der Waals surface area contributed by atoms with Gasteiger partial charge in [0.25, 0.3) is 0 Å². The van der Waals surface area contributed by atoms with E-state index in [0.717, 1.165) is 56.9 Å². The van der Waals surface area contributed by atoms with E-state index in [-0.39, 0.29) is 29.9 Å². The van der Waals surface area contributed by atoms with E-state index < -0.39 is 0 Å². The van der Waals surface area contributed by atoms with Gasteiger partial charge in [-0.05, 0) is 18.9 Å². The topological polar surface area (TPSA) is 77.0 Å². The van der Waals surface area contributed by atoms with Crippen LogP contribution in [0, 0.1) is 0 Å². The molecule has 1 aromatic heterocycles. The van der Waals surface area contributed by atoms with Crippen LogP contribution in [-0.4, -0.2) is 95.0 Å². The molecule has 1 N–H and O–H groups in total. The fourth-order valence-corrected chi connectivity index (χ4v) is 6.48. The number of hydrogen-bond donors (Lipinski definition) is 1. The number of rotatable bonds is 4. The first-order chi connectivity index (χ1) is 15.2. The molecule has 2 saturated heterocycles. The van der Waals surface area contributed by atoms with Crippen molar-refractivity contribution < 1.29 is 4.79 Å². The molecule has 32 heavy (non-hydrogen) atoms. The van der Waals surface area contributed by atoms with E-state index >= 15 is 0 Å². The Morgan fingerprint density at radius 1 is 1.09 bits per heavy atom. The normalized spacial score (nSPS) is 21.3. The molecule has 1 saturated carbocycles. The number of carbonyl (C=O) groups is 1. The summed E-state index contributed by atoms with van der Waals surface area (Å²) < 4.78 is 0.409. The summed E-state index contributed by atoms with van der Waals surface area (Å²) >= 11 is 2.17. The predicted octanol–water partition coefficient (Wildman–Crippen LogP) is 2.46. The number of hydrogen-bond acceptors (Lipinski definition) is 6. The second kappa shape index (κ2) is 12.2. The molecule has 1 amide bonds. The first-order valence-corrected chi connectivity index (χ1v) is 12.6. The second-order valence-corrected chi connectivity index (χ2v) is 10.2. The van der Waals surface area contributed by atoms with Crippen LogP contribution in [0.4, 0.5) is 5.95 Å². The van der Waals surface area contributed by atoms with E-state index in [1.165, 1.54) is 32.1 Å². The number of aromatic nitrogens is 2. The molecule has 0 unspecified atom stereocenters. The van der Waals surface area contributed by atoms with Gasteiger partial charge in [-0.3, -0.25) is 9.79 Å². The second-order valence-electron chi connectivity index (χ2n) is 8.65. The molecule has 3 fully saturated rings. The molecule has 0 radical (unpaired) electrons. The number of thioether (sulfide) groups is 1. The summed E-state index contributed by atoms with van der Waals surface area (Å²) in [6.45, 7) is 5.73. The lowest BCUT2D eigenvalue weighted by Gasteiger charge is -2.45. The molecule has 1 aliphatic carbocycles. The molecule has 3 heterocycles. The number of amides is 1. The molecule has 0 bridgehead atoms. The van der Waals surface area contributed by atoms with Crippen molar-refractivity contribution in [2.75, 3.05) is 63.5 Å². The van der Waals surface area contributed by atoms with Gasteiger partial charge in [0.2, 0.25) is 11.9 Å². The van der Waals surface area contributed by atoms with E-state index in [4.69, 9.17) is 0 Å². The lowest BCUT2D eigenvalue weighted by Crippen LogP contribution is -2.54. The van der Waals surface area contributed by atoms with E-state index in [1.807, 2.05) is 18.0 Å². The van der Waals surface area contributed by atoms with Gasteiger partial charge in [0.15, 0.2) is 5.96 Å². The molecular formula is C22H36IN7OS. The molecule has 2 aliphatic heterocycles. The minimum absolute atomic E-state index is 0. The van der Waals surface area contributed by atoms with Crippen molar-refractivity contribution in [3.8, 4) is 0 Å². The molecule has 4 rings (SSSR count). The van der Waals surface area contributed by atoms with Gasteiger partial charge in [-0.1, -0.05) is 19.3 Å². The third-order valence-electron chi connectivity index (χ3n) is 6.61. The van der Waals surface area contributed by atoms with Crippen molar-refractivity contribution >= 4 is 53.6 Å². The van der Waals surface area contributed by atoms with Gasteiger partial charge in [0.05, 0.1) is 0 Å². The van der Waals surface area contributed by atoms with Gasteiger partial charge < -0.3 is 20.0 Å². The van der Waals surface area contributed by atoms with Crippen LogP contribution in [0.15, 0.2) is 23.5 Å². The molecule has 0 atom stereocenters. The van der Waals surface area contributed by atoms with Crippen LogP contribution < -0.4 is 10.2 Å². The number of nitrogens with one attached hydrogen (secondary N) is 1. The average Bonchev–Trinajstić information content (AvgIpc) is 2.83. The lowest BCUT2D eigenvalue weighted by atomic mass is 9.87. The number of carbonyl (C=O) groups excluding carboxylic acids is 1. The van der Waals surface area contributed by atoms with Crippen molar-refractivity contribution in [2.45, 2.75) is 43.3 Å². The van der Waals surface area contributed by atoms with Gasteiger partial charge in [0.1, 0.15) is 0 Å². The Morgan fingerprint density at radius 3 is 2.50 bits per heavy atom. The summed E-state index contributed by atoms with van der Waals surface area (Å²) in [6.07, 6.45) is 10.7. The van der Waals surface area contributed by atoms with Crippen LogP contribution >= 0.6 is 35.7 Å². The van der Waals surface area contributed by atoms with Gasteiger partial charge in [-0.15, -0.1) is 24.0 Å². The van der Waals surface area contributed by atoms with Crippen molar-refractivity contribution in [1.29, 1.82) is 0 Å². The number of anilines is 1. The monoisotopic (exact) mass is 573 g/mol. The number of guanidine groups is 1. The van der Waals surface area contributed by atoms with Crippen LogP contribution in [0.5, 0.6) is 0 Å². The van der Waals surface area contributed by atoms with E-state index in [1.54, 1.807) is 12.4 Å². The smallest absolute Gasteiger partial charge is 0.225 e. The number of halogens is 1. The third kappa shape index (κ3) is 6.39. The zero-order valence-corrected chi connectivity index (χ0v) is 22.2. The minimum atomic E-state index is 0. The van der Waals surface area contributed by atoms with Gasteiger partial charge in [-0.25, -0.2) is 9.97 Å². The van der Waals surface area contributed by atoms with Crippen LogP contribution in [0.1, 0.15) is 38.5 Å². The average molecular weight is 574 g/mol. The Labute approximate surface area is 213 Å². The van der Waals surface area contributed by atoms with Crippen molar-refractivity contribution in [3.63, 3.8) is 0 Å². The van der Waals surface area contributed by atoms with Crippen LogP contribution in [0.3, 0.4) is 0 Å². The summed E-state index contributed by atoms with van der Waals surface area (Å²) in [7, 11) is 1.85. The summed E-state index contributed by atoms with van der Waals surface area (Å²) in [6, 6.07) is 1.82. The van der Waals surface area contributed by atoms with Crippen LogP contribution in [-0.2, 0) is 4.79 Å². The van der Waals surface area contributed by atoms with E-state index in [9.17, 15) is 4.79 Å². The number of aliphatic imine (C=N–C) groups is 1. The highest BCUT2D eigenvalue weighted by Gasteiger charge is 2.38. The highest BCUT2D eigenvalue weighted by molar-refractivity contribution is 14.0. The third-order valence-corrected chi connectivity index (χ3v) is 8.15.